The third-order valence-corrected chi connectivity index (χ3v) is 4.82. The van der Waals surface area contributed by atoms with Crippen molar-refractivity contribution < 1.29 is 4.42 Å². The fourth-order valence-corrected chi connectivity index (χ4v) is 3.31. The van der Waals surface area contributed by atoms with Crippen LogP contribution in [0.4, 0.5) is 5.69 Å². The molecule has 0 saturated carbocycles. The molecule has 0 atom stereocenters. The van der Waals surface area contributed by atoms with Crippen LogP contribution in [0.1, 0.15) is 11.1 Å². The number of aliphatic imine (C=N–C) groups is 1. The van der Waals surface area contributed by atoms with Crippen molar-refractivity contribution in [1.29, 1.82) is 0 Å². The van der Waals surface area contributed by atoms with Crippen molar-refractivity contribution in [1.82, 2.24) is 4.98 Å². The first-order valence-electron chi connectivity index (χ1n) is 8.72. The molecule has 28 heavy (non-hydrogen) atoms. The molecule has 3 nitrogen and oxygen atoms in total. The number of aromatic nitrogens is 1. The fourth-order valence-electron chi connectivity index (χ4n) is 2.84. The van der Waals surface area contributed by atoms with Crippen LogP contribution < -0.4 is 0 Å². The van der Waals surface area contributed by atoms with E-state index in [9.17, 15) is 0 Å². The summed E-state index contributed by atoms with van der Waals surface area (Å²) in [7, 11) is 0. The van der Waals surface area contributed by atoms with Gasteiger partial charge in [0.25, 0.3) is 0 Å². The molecule has 0 saturated heterocycles. The molecule has 0 N–H and O–H groups in total. The zero-order valence-electron chi connectivity index (χ0n) is 15.1. The number of benzene rings is 3. The topological polar surface area (TPSA) is 38.4 Å². The molecule has 4 aromatic rings. The summed E-state index contributed by atoms with van der Waals surface area (Å²) >= 11 is 12.1. The summed E-state index contributed by atoms with van der Waals surface area (Å²) in [5.41, 5.74) is 5.33. The number of hydrogen-bond donors (Lipinski definition) is 0. The van der Waals surface area contributed by atoms with Crippen molar-refractivity contribution in [2.75, 3.05) is 0 Å². The van der Waals surface area contributed by atoms with Gasteiger partial charge in [0.15, 0.2) is 5.58 Å². The highest BCUT2D eigenvalue weighted by Gasteiger charge is 2.09. The van der Waals surface area contributed by atoms with Gasteiger partial charge in [-0.3, -0.25) is 4.99 Å². The molecule has 5 heteroatoms. The van der Waals surface area contributed by atoms with E-state index in [0.29, 0.717) is 15.9 Å². The Morgan fingerprint density at radius 1 is 1.00 bits per heavy atom. The van der Waals surface area contributed by atoms with Crippen LogP contribution >= 0.6 is 23.2 Å². The highest BCUT2D eigenvalue weighted by molar-refractivity contribution is 6.35. The maximum absolute atomic E-state index is 6.16. The van der Waals surface area contributed by atoms with Crippen LogP contribution in [0.5, 0.6) is 0 Å². The van der Waals surface area contributed by atoms with E-state index in [1.807, 2.05) is 67.6 Å². The van der Waals surface area contributed by atoms with E-state index >= 15 is 0 Å². The molecule has 138 valence electrons. The molecule has 0 aliphatic heterocycles. The van der Waals surface area contributed by atoms with E-state index in [1.54, 1.807) is 18.3 Å². The molecule has 0 bridgehead atoms. The molecule has 0 amide bonds. The summed E-state index contributed by atoms with van der Waals surface area (Å²) in [6, 6.07) is 19.1. The average Bonchev–Trinajstić information content (AvgIpc) is 3.13. The number of fused-ring (bicyclic) bond motifs is 1. The Bertz CT molecular complexity index is 1210. The minimum Gasteiger partial charge on any atom is -0.436 e. The van der Waals surface area contributed by atoms with Crippen LogP contribution in [-0.2, 0) is 0 Å². The van der Waals surface area contributed by atoms with Gasteiger partial charge in [-0.15, -0.1) is 0 Å². The van der Waals surface area contributed by atoms with E-state index in [2.05, 4.69) is 9.98 Å². The van der Waals surface area contributed by atoms with Gasteiger partial charge in [0.2, 0.25) is 5.89 Å². The first-order valence-corrected chi connectivity index (χ1v) is 9.48. The van der Waals surface area contributed by atoms with Crippen molar-refractivity contribution in [2.45, 2.75) is 6.92 Å². The minimum absolute atomic E-state index is 0.588. The van der Waals surface area contributed by atoms with Gasteiger partial charge in [-0.1, -0.05) is 53.5 Å². The predicted octanol–water partition coefficient (Wildman–Crippen LogP) is 7.53. The van der Waals surface area contributed by atoms with E-state index in [-0.39, 0.29) is 0 Å². The van der Waals surface area contributed by atoms with Gasteiger partial charge in [0.1, 0.15) is 5.52 Å². The lowest BCUT2D eigenvalue weighted by Gasteiger charge is -1.98. The zero-order chi connectivity index (χ0) is 19.5. The van der Waals surface area contributed by atoms with E-state index in [4.69, 9.17) is 27.6 Å². The number of aryl methyl sites for hydroxylation is 1. The van der Waals surface area contributed by atoms with Crippen molar-refractivity contribution >= 4 is 52.3 Å². The highest BCUT2D eigenvalue weighted by atomic mass is 35.5. The molecule has 0 aliphatic rings. The molecule has 0 spiro atoms. The van der Waals surface area contributed by atoms with Crippen LogP contribution in [-0.4, -0.2) is 11.2 Å². The van der Waals surface area contributed by atoms with Crippen LogP contribution in [0.2, 0.25) is 10.0 Å². The number of nitrogens with zero attached hydrogens (tertiary/aromatic N) is 2. The summed E-state index contributed by atoms with van der Waals surface area (Å²) in [6.45, 7) is 2.02. The first kappa shape index (κ1) is 18.5. The summed E-state index contributed by atoms with van der Waals surface area (Å²) in [5, 5.41) is 1.22. The lowest BCUT2D eigenvalue weighted by atomic mass is 10.2. The summed E-state index contributed by atoms with van der Waals surface area (Å²) < 4.78 is 5.89. The molecular weight excluding hydrogens is 391 g/mol. The molecule has 1 aromatic heterocycles. The Balaban J connectivity index is 1.55. The van der Waals surface area contributed by atoms with Crippen molar-refractivity contribution in [3.63, 3.8) is 0 Å². The highest BCUT2D eigenvalue weighted by Crippen LogP contribution is 2.28. The minimum atomic E-state index is 0.588. The summed E-state index contributed by atoms with van der Waals surface area (Å²) in [4.78, 5) is 9.09. The first-order chi connectivity index (χ1) is 13.6. The molecule has 0 unspecified atom stereocenters. The number of para-hydroxylation sites is 1. The SMILES string of the molecule is Cc1cccc2oc(-c3cccc(N=CC=Cc4ccc(Cl)cc4Cl)c3)nc12. The average molecular weight is 407 g/mol. The molecular formula is C23H16Cl2N2O. The Labute approximate surface area is 173 Å². The van der Waals surface area contributed by atoms with Crippen LogP contribution in [0.15, 0.2) is 76.1 Å². The van der Waals surface area contributed by atoms with Gasteiger partial charge >= 0.3 is 0 Å². The molecule has 1 heterocycles. The largest absolute Gasteiger partial charge is 0.436 e. The standard InChI is InChI=1S/C23H16Cl2N2O/c1-15-5-2-9-21-22(15)27-23(28-21)17-6-3-8-19(13-17)26-12-4-7-16-10-11-18(24)14-20(16)25/h2-14H,1H3. The summed E-state index contributed by atoms with van der Waals surface area (Å²) in [6.07, 6.45) is 5.44. The van der Waals surface area contributed by atoms with Gasteiger partial charge in [0, 0.05) is 21.8 Å². The maximum atomic E-state index is 6.16. The second-order valence-electron chi connectivity index (χ2n) is 6.29. The summed E-state index contributed by atoms with van der Waals surface area (Å²) in [5.74, 6) is 0.588. The Morgan fingerprint density at radius 2 is 1.86 bits per heavy atom. The lowest BCUT2D eigenvalue weighted by Crippen LogP contribution is -1.78. The lowest BCUT2D eigenvalue weighted by molar-refractivity contribution is 0.620. The van der Waals surface area contributed by atoms with Gasteiger partial charge in [-0.05, 0) is 60.5 Å². The van der Waals surface area contributed by atoms with Crippen LogP contribution in [0.25, 0.3) is 28.6 Å². The monoisotopic (exact) mass is 406 g/mol. The van der Waals surface area contributed by atoms with Gasteiger partial charge in [-0.2, -0.15) is 0 Å². The molecule has 4 rings (SSSR count). The zero-order valence-corrected chi connectivity index (χ0v) is 16.6. The predicted molar refractivity (Wildman–Crippen MR) is 118 cm³/mol. The number of allylic oxidation sites excluding steroid dienone is 1. The van der Waals surface area contributed by atoms with E-state index in [0.717, 1.165) is 33.5 Å². The van der Waals surface area contributed by atoms with Crippen LogP contribution in [0.3, 0.4) is 0 Å². The van der Waals surface area contributed by atoms with E-state index in [1.165, 1.54) is 0 Å². The third-order valence-electron chi connectivity index (χ3n) is 4.26. The molecule has 0 radical (unpaired) electrons. The van der Waals surface area contributed by atoms with Gasteiger partial charge in [-0.25, -0.2) is 4.98 Å². The van der Waals surface area contributed by atoms with Crippen molar-refractivity contribution in [3.05, 3.63) is 87.9 Å². The quantitative estimate of drug-likeness (QED) is 0.328. The number of oxazole rings is 1. The van der Waals surface area contributed by atoms with Crippen molar-refractivity contribution in [3.8, 4) is 11.5 Å². The number of hydrogen-bond acceptors (Lipinski definition) is 3. The third kappa shape index (κ3) is 4.01. The Hall–Kier alpha value is -2.88. The normalized spacial score (nSPS) is 11.8. The molecule has 0 fully saturated rings. The Morgan fingerprint density at radius 3 is 2.68 bits per heavy atom. The molecule has 3 aromatic carbocycles. The molecule has 0 aliphatic carbocycles. The number of halogens is 2. The van der Waals surface area contributed by atoms with Crippen LogP contribution in [0, 0.1) is 6.92 Å². The second kappa shape index (κ2) is 8.01. The van der Waals surface area contributed by atoms with Gasteiger partial charge < -0.3 is 4.42 Å². The fraction of sp³-hybridized carbons (Fsp3) is 0.0435. The number of rotatable bonds is 4. The van der Waals surface area contributed by atoms with Crippen molar-refractivity contribution in [2.24, 2.45) is 4.99 Å². The maximum Gasteiger partial charge on any atom is 0.227 e. The smallest absolute Gasteiger partial charge is 0.227 e. The second-order valence-corrected chi connectivity index (χ2v) is 7.14. The van der Waals surface area contributed by atoms with E-state index < -0.39 is 0 Å². The Kier molecular flexibility index (Phi) is 5.29. The van der Waals surface area contributed by atoms with Gasteiger partial charge in [0.05, 0.1) is 5.69 Å².